The molecule has 1 aliphatic rings. The van der Waals surface area contributed by atoms with Crippen molar-refractivity contribution in [1.82, 2.24) is 5.32 Å². The normalized spacial score (nSPS) is 36.7. The molecule has 3 heteroatoms. The Balaban J connectivity index is 2.23. The van der Waals surface area contributed by atoms with Gasteiger partial charge in [-0.3, -0.25) is 0 Å². The van der Waals surface area contributed by atoms with Crippen LogP contribution in [-0.4, -0.2) is 35.5 Å². The second-order valence-electron chi connectivity index (χ2n) is 2.51. The quantitative estimate of drug-likeness (QED) is 0.432. The number of aliphatic hydroxyl groups is 2. The van der Waals surface area contributed by atoms with Crippen molar-refractivity contribution in [3.8, 4) is 0 Å². The Bertz CT molecular complexity index is 87.1. The molecule has 0 radical (unpaired) electrons. The van der Waals surface area contributed by atoms with E-state index in [1.165, 1.54) is 0 Å². The minimum Gasteiger partial charge on any atom is -0.395 e. The number of aliphatic hydroxyl groups excluding tert-OH is 2. The van der Waals surface area contributed by atoms with Crippen molar-refractivity contribution < 1.29 is 10.2 Å². The molecule has 0 aliphatic carbocycles. The standard InChI is InChI=1S/C6H13NO2/c8-4-5-3-6(9)1-2-7-5/h5-9H,1-4H2/t5-,6-/m1/s1. The monoisotopic (exact) mass is 131 g/mol. The highest BCUT2D eigenvalue weighted by molar-refractivity contribution is 4.76. The SMILES string of the molecule is OC[C@H]1C[C@H](O)CCN1. The number of hydrogen-bond donors (Lipinski definition) is 3. The zero-order valence-electron chi connectivity index (χ0n) is 5.38. The van der Waals surface area contributed by atoms with E-state index in [-0.39, 0.29) is 18.8 Å². The molecule has 1 rings (SSSR count). The molecule has 9 heavy (non-hydrogen) atoms. The number of rotatable bonds is 1. The Morgan fingerprint density at radius 2 is 2.33 bits per heavy atom. The van der Waals surface area contributed by atoms with Crippen LogP contribution in [0.4, 0.5) is 0 Å². The molecule has 1 aliphatic heterocycles. The summed E-state index contributed by atoms with van der Waals surface area (Å²) in [5, 5.41) is 20.8. The molecular weight excluding hydrogens is 118 g/mol. The molecule has 1 heterocycles. The van der Waals surface area contributed by atoms with E-state index < -0.39 is 0 Å². The van der Waals surface area contributed by atoms with Crippen molar-refractivity contribution in [1.29, 1.82) is 0 Å². The lowest BCUT2D eigenvalue weighted by Crippen LogP contribution is -2.42. The van der Waals surface area contributed by atoms with Gasteiger partial charge in [-0.15, -0.1) is 0 Å². The van der Waals surface area contributed by atoms with E-state index >= 15 is 0 Å². The van der Waals surface area contributed by atoms with Crippen molar-refractivity contribution in [2.45, 2.75) is 25.0 Å². The minimum absolute atomic E-state index is 0.119. The summed E-state index contributed by atoms with van der Waals surface area (Å²) in [5.74, 6) is 0. The van der Waals surface area contributed by atoms with E-state index in [2.05, 4.69) is 5.32 Å². The Morgan fingerprint density at radius 3 is 2.78 bits per heavy atom. The first-order chi connectivity index (χ1) is 4.33. The molecule has 0 aromatic heterocycles. The lowest BCUT2D eigenvalue weighted by atomic mass is 10.0. The van der Waals surface area contributed by atoms with Crippen LogP contribution in [0.15, 0.2) is 0 Å². The van der Waals surface area contributed by atoms with E-state index in [0.717, 1.165) is 13.0 Å². The molecule has 0 aromatic carbocycles. The molecule has 2 atom stereocenters. The van der Waals surface area contributed by atoms with Gasteiger partial charge in [0.15, 0.2) is 0 Å². The molecule has 3 N–H and O–H groups in total. The van der Waals surface area contributed by atoms with Crippen LogP contribution in [-0.2, 0) is 0 Å². The average molecular weight is 131 g/mol. The molecule has 0 unspecified atom stereocenters. The fourth-order valence-electron chi connectivity index (χ4n) is 1.12. The molecule has 0 spiro atoms. The predicted molar refractivity (Wildman–Crippen MR) is 34.1 cm³/mol. The first kappa shape index (κ1) is 6.99. The van der Waals surface area contributed by atoms with E-state index in [1.807, 2.05) is 0 Å². The van der Waals surface area contributed by atoms with Gasteiger partial charge in [-0.25, -0.2) is 0 Å². The van der Waals surface area contributed by atoms with Gasteiger partial charge in [0.1, 0.15) is 0 Å². The molecule has 1 fully saturated rings. The average Bonchev–Trinajstić information content (AvgIpc) is 1.88. The zero-order chi connectivity index (χ0) is 6.69. The van der Waals surface area contributed by atoms with Gasteiger partial charge in [-0.2, -0.15) is 0 Å². The third kappa shape index (κ3) is 1.93. The molecule has 1 saturated heterocycles. The summed E-state index contributed by atoms with van der Waals surface area (Å²) >= 11 is 0. The number of hydrogen-bond acceptors (Lipinski definition) is 3. The molecule has 0 saturated carbocycles. The largest absolute Gasteiger partial charge is 0.395 e. The van der Waals surface area contributed by atoms with Gasteiger partial charge in [-0.1, -0.05) is 0 Å². The Morgan fingerprint density at radius 1 is 1.56 bits per heavy atom. The van der Waals surface area contributed by atoms with Crippen LogP contribution in [0.25, 0.3) is 0 Å². The summed E-state index contributed by atoms with van der Waals surface area (Å²) < 4.78 is 0. The lowest BCUT2D eigenvalue weighted by molar-refractivity contribution is 0.0956. The van der Waals surface area contributed by atoms with Gasteiger partial charge in [0.25, 0.3) is 0 Å². The summed E-state index contributed by atoms with van der Waals surface area (Å²) in [6, 6.07) is 0.119. The molecule has 0 aromatic rings. The zero-order valence-corrected chi connectivity index (χ0v) is 5.38. The van der Waals surface area contributed by atoms with Gasteiger partial charge in [-0.05, 0) is 19.4 Å². The molecular formula is C6H13NO2. The van der Waals surface area contributed by atoms with Crippen molar-refractivity contribution in [2.75, 3.05) is 13.2 Å². The fraction of sp³-hybridized carbons (Fsp3) is 1.00. The van der Waals surface area contributed by atoms with Crippen LogP contribution in [0.1, 0.15) is 12.8 Å². The number of nitrogens with one attached hydrogen (secondary N) is 1. The minimum atomic E-state index is -0.205. The van der Waals surface area contributed by atoms with Crippen LogP contribution in [0.5, 0.6) is 0 Å². The van der Waals surface area contributed by atoms with E-state index in [1.54, 1.807) is 0 Å². The van der Waals surface area contributed by atoms with Crippen LogP contribution >= 0.6 is 0 Å². The van der Waals surface area contributed by atoms with Crippen LogP contribution < -0.4 is 5.32 Å². The molecule has 0 amide bonds. The van der Waals surface area contributed by atoms with Crippen LogP contribution in [0, 0.1) is 0 Å². The van der Waals surface area contributed by atoms with Crippen molar-refractivity contribution in [2.24, 2.45) is 0 Å². The summed E-state index contributed by atoms with van der Waals surface area (Å²) in [6.07, 6.45) is 1.30. The van der Waals surface area contributed by atoms with Crippen LogP contribution in [0.3, 0.4) is 0 Å². The summed E-state index contributed by atoms with van der Waals surface area (Å²) in [6.45, 7) is 0.962. The van der Waals surface area contributed by atoms with Gasteiger partial charge < -0.3 is 15.5 Å². The predicted octanol–water partition coefficient (Wildman–Crippen LogP) is -0.908. The van der Waals surface area contributed by atoms with Gasteiger partial charge in [0, 0.05) is 6.04 Å². The summed E-state index contributed by atoms with van der Waals surface area (Å²) in [4.78, 5) is 0. The molecule has 54 valence electrons. The fourth-order valence-corrected chi connectivity index (χ4v) is 1.12. The third-order valence-corrected chi connectivity index (χ3v) is 1.69. The smallest absolute Gasteiger partial charge is 0.0585 e. The van der Waals surface area contributed by atoms with Crippen molar-refractivity contribution in [3.63, 3.8) is 0 Å². The maximum atomic E-state index is 9.06. The highest BCUT2D eigenvalue weighted by Crippen LogP contribution is 2.06. The molecule has 3 nitrogen and oxygen atoms in total. The second kappa shape index (κ2) is 3.15. The highest BCUT2D eigenvalue weighted by Gasteiger charge is 2.17. The Hall–Kier alpha value is -0.120. The van der Waals surface area contributed by atoms with Crippen LogP contribution in [0.2, 0.25) is 0 Å². The van der Waals surface area contributed by atoms with E-state index in [9.17, 15) is 0 Å². The lowest BCUT2D eigenvalue weighted by Gasteiger charge is -2.25. The van der Waals surface area contributed by atoms with E-state index in [4.69, 9.17) is 10.2 Å². The van der Waals surface area contributed by atoms with Gasteiger partial charge >= 0.3 is 0 Å². The first-order valence-corrected chi connectivity index (χ1v) is 3.35. The number of piperidine rings is 1. The van der Waals surface area contributed by atoms with Gasteiger partial charge in [0.2, 0.25) is 0 Å². The summed E-state index contributed by atoms with van der Waals surface area (Å²) in [7, 11) is 0. The van der Waals surface area contributed by atoms with Gasteiger partial charge in [0.05, 0.1) is 12.7 Å². The molecule has 0 bridgehead atoms. The third-order valence-electron chi connectivity index (χ3n) is 1.69. The maximum Gasteiger partial charge on any atom is 0.0585 e. The Labute approximate surface area is 54.7 Å². The van der Waals surface area contributed by atoms with Crippen molar-refractivity contribution in [3.05, 3.63) is 0 Å². The first-order valence-electron chi connectivity index (χ1n) is 3.35. The maximum absolute atomic E-state index is 9.06. The van der Waals surface area contributed by atoms with Crippen molar-refractivity contribution >= 4 is 0 Å². The summed E-state index contributed by atoms with van der Waals surface area (Å²) in [5.41, 5.74) is 0. The topological polar surface area (TPSA) is 52.5 Å². The Kier molecular flexibility index (Phi) is 2.45. The van der Waals surface area contributed by atoms with E-state index in [0.29, 0.717) is 6.42 Å². The second-order valence-corrected chi connectivity index (χ2v) is 2.51. The highest BCUT2D eigenvalue weighted by atomic mass is 16.3.